The van der Waals surface area contributed by atoms with Gasteiger partial charge in [0.2, 0.25) is 5.91 Å². The topological polar surface area (TPSA) is 72.9 Å². The first-order chi connectivity index (χ1) is 15.5. The van der Waals surface area contributed by atoms with Gasteiger partial charge in [0, 0.05) is 37.4 Å². The van der Waals surface area contributed by atoms with E-state index in [2.05, 4.69) is 5.32 Å². The lowest BCUT2D eigenvalue weighted by molar-refractivity contribution is -0.122. The Morgan fingerprint density at radius 2 is 1.56 bits per heavy atom. The minimum atomic E-state index is -0.542. The predicted molar refractivity (Wildman–Crippen MR) is 120 cm³/mol. The van der Waals surface area contributed by atoms with Crippen LogP contribution in [0.5, 0.6) is 5.75 Å². The fourth-order valence-corrected chi connectivity index (χ4v) is 3.91. The maximum Gasteiger partial charge on any atom is 0.254 e. The van der Waals surface area contributed by atoms with Gasteiger partial charge in [-0.3, -0.25) is 14.5 Å². The fourth-order valence-electron chi connectivity index (χ4n) is 3.91. The lowest BCUT2D eigenvalue weighted by Gasteiger charge is -2.38. The number of rotatable bonds is 5. The molecular weight excluding hydrogens is 409 g/mol. The van der Waals surface area contributed by atoms with Gasteiger partial charge >= 0.3 is 0 Å². The van der Waals surface area contributed by atoms with Crippen LogP contribution in [-0.2, 0) is 4.79 Å². The van der Waals surface area contributed by atoms with Crippen LogP contribution >= 0.6 is 0 Å². The molecule has 6 nitrogen and oxygen atoms in total. The number of hydrogen-bond donors (Lipinski definition) is 2. The van der Waals surface area contributed by atoms with E-state index in [1.54, 1.807) is 17.0 Å². The van der Waals surface area contributed by atoms with Crippen molar-refractivity contribution in [2.45, 2.75) is 6.04 Å². The molecule has 7 heteroatoms. The molecule has 2 N–H and O–H groups in total. The zero-order valence-corrected chi connectivity index (χ0v) is 17.4. The van der Waals surface area contributed by atoms with Crippen LogP contribution in [0, 0.1) is 5.82 Å². The lowest BCUT2D eigenvalue weighted by Crippen LogP contribution is -2.51. The van der Waals surface area contributed by atoms with Crippen molar-refractivity contribution < 1.29 is 19.1 Å². The van der Waals surface area contributed by atoms with Crippen molar-refractivity contribution >= 4 is 17.5 Å². The number of nitrogens with zero attached hydrogens (tertiary/aromatic N) is 2. The number of anilines is 1. The van der Waals surface area contributed by atoms with Crippen molar-refractivity contribution in [3.63, 3.8) is 0 Å². The molecule has 3 aromatic rings. The van der Waals surface area contributed by atoms with Crippen molar-refractivity contribution in [3.8, 4) is 5.75 Å². The van der Waals surface area contributed by atoms with Gasteiger partial charge in [0.05, 0.1) is 0 Å². The molecule has 1 aliphatic rings. The van der Waals surface area contributed by atoms with Crippen molar-refractivity contribution in [1.29, 1.82) is 0 Å². The molecule has 1 saturated heterocycles. The molecule has 3 aromatic carbocycles. The SMILES string of the molecule is O=C(Nc1ccc(F)cc1)C(c1ccccc1)N1CCN(C(=O)c2cccc(O)c2)CC1. The Bertz CT molecular complexity index is 1080. The van der Waals surface area contributed by atoms with Crippen molar-refractivity contribution in [2.24, 2.45) is 0 Å². The molecular formula is C25H24FN3O3. The molecule has 0 aliphatic carbocycles. The van der Waals surface area contributed by atoms with Crippen LogP contribution < -0.4 is 5.32 Å². The quantitative estimate of drug-likeness (QED) is 0.644. The molecule has 0 saturated carbocycles. The first kappa shape index (κ1) is 21.5. The molecule has 0 aromatic heterocycles. The van der Waals surface area contributed by atoms with Crippen LogP contribution in [0.1, 0.15) is 22.0 Å². The first-order valence-corrected chi connectivity index (χ1v) is 10.4. The number of benzene rings is 3. The maximum absolute atomic E-state index is 13.2. The average Bonchev–Trinajstić information content (AvgIpc) is 2.81. The predicted octanol–water partition coefficient (Wildman–Crippen LogP) is 3.67. The highest BCUT2D eigenvalue weighted by atomic mass is 19.1. The highest BCUT2D eigenvalue weighted by molar-refractivity contribution is 5.96. The second kappa shape index (κ2) is 9.62. The number of carbonyl (C=O) groups is 2. The Balaban J connectivity index is 1.48. The summed E-state index contributed by atoms with van der Waals surface area (Å²) in [6.45, 7) is 1.95. The number of aromatic hydroxyl groups is 1. The van der Waals surface area contributed by atoms with Gasteiger partial charge in [0.1, 0.15) is 17.6 Å². The van der Waals surface area contributed by atoms with Crippen LogP contribution in [0.25, 0.3) is 0 Å². The number of nitrogens with one attached hydrogen (secondary N) is 1. The van der Waals surface area contributed by atoms with Crippen LogP contribution in [0.3, 0.4) is 0 Å². The van der Waals surface area contributed by atoms with E-state index >= 15 is 0 Å². The smallest absolute Gasteiger partial charge is 0.254 e. The summed E-state index contributed by atoms with van der Waals surface area (Å²) in [5.41, 5.74) is 1.81. The maximum atomic E-state index is 13.2. The summed E-state index contributed by atoms with van der Waals surface area (Å²) in [4.78, 5) is 29.8. The van der Waals surface area contributed by atoms with Crippen LogP contribution in [-0.4, -0.2) is 52.9 Å². The van der Waals surface area contributed by atoms with Gasteiger partial charge in [-0.2, -0.15) is 0 Å². The van der Waals surface area contributed by atoms with Gasteiger partial charge in [-0.05, 0) is 48.0 Å². The number of phenolic OH excluding ortho intramolecular Hbond substituents is 1. The molecule has 1 fully saturated rings. The Morgan fingerprint density at radius 3 is 2.22 bits per heavy atom. The summed E-state index contributed by atoms with van der Waals surface area (Å²) in [5, 5.41) is 12.5. The number of amides is 2. The summed E-state index contributed by atoms with van der Waals surface area (Å²) >= 11 is 0. The van der Waals surface area contributed by atoms with Crippen LogP contribution in [0.2, 0.25) is 0 Å². The van der Waals surface area contributed by atoms with Crippen LogP contribution in [0.4, 0.5) is 10.1 Å². The minimum Gasteiger partial charge on any atom is -0.508 e. The lowest BCUT2D eigenvalue weighted by atomic mass is 10.0. The van der Waals surface area contributed by atoms with Crippen molar-refractivity contribution in [1.82, 2.24) is 9.80 Å². The van der Waals surface area contributed by atoms with Crippen LogP contribution in [0.15, 0.2) is 78.9 Å². The van der Waals surface area contributed by atoms with E-state index in [0.29, 0.717) is 37.4 Å². The minimum absolute atomic E-state index is 0.0519. The third kappa shape index (κ3) is 4.95. The third-order valence-corrected chi connectivity index (χ3v) is 5.54. The van der Waals surface area contributed by atoms with E-state index in [1.807, 2.05) is 35.2 Å². The Morgan fingerprint density at radius 1 is 0.875 bits per heavy atom. The standard InChI is InChI=1S/C25H24FN3O3/c26-20-9-11-21(12-10-20)27-24(31)23(18-5-2-1-3-6-18)28-13-15-29(16-14-28)25(32)19-7-4-8-22(30)17-19/h1-12,17,23,30H,13-16H2,(H,27,31). The van der Waals surface area contributed by atoms with Gasteiger partial charge in [-0.15, -0.1) is 0 Å². The van der Waals surface area contributed by atoms with Crippen molar-refractivity contribution in [3.05, 3.63) is 95.8 Å². The molecule has 164 valence electrons. The summed E-state index contributed by atoms with van der Waals surface area (Å²) in [5.74, 6) is -0.672. The summed E-state index contributed by atoms with van der Waals surface area (Å²) in [6.07, 6.45) is 0. The summed E-state index contributed by atoms with van der Waals surface area (Å²) in [7, 11) is 0. The third-order valence-electron chi connectivity index (χ3n) is 5.54. The molecule has 0 spiro atoms. The number of hydrogen-bond acceptors (Lipinski definition) is 4. The molecule has 32 heavy (non-hydrogen) atoms. The summed E-state index contributed by atoms with van der Waals surface area (Å²) in [6, 6.07) is 20.9. The Labute approximate surface area is 185 Å². The van der Waals surface area contributed by atoms with E-state index in [-0.39, 0.29) is 23.4 Å². The van der Waals surface area contributed by atoms with Gasteiger partial charge in [0.25, 0.3) is 5.91 Å². The largest absolute Gasteiger partial charge is 0.508 e. The van der Waals surface area contributed by atoms with E-state index in [9.17, 15) is 19.1 Å². The molecule has 0 bridgehead atoms. The zero-order chi connectivity index (χ0) is 22.5. The second-order valence-corrected chi connectivity index (χ2v) is 7.69. The average molecular weight is 433 g/mol. The number of halogens is 1. The Hall–Kier alpha value is -3.71. The van der Waals surface area contributed by atoms with Crippen molar-refractivity contribution in [2.75, 3.05) is 31.5 Å². The number of piperazine rings is 1. The summed E-state index contributed by atoms with van der Waals surface area (Å²) < 4.78 is 13.2. The van der Waals surface area contributed by atoms with Gasteiger partial charge < -0.3 is 15.3 Å². The normalized spacial score (nSPS) is 15.2. The molecule has 1 atom stereocenters. The number of carbonyl (C=O) groups excluding carboxylic acids is 2. The Kier molecular flexibility index (Phi) is 6.47. The fraction of sp³-hybridized carbons (Fsp3) is 0.200. The molecule has 1 unspecified atom stereocenters. The zero-order valence-electron chi connectivity index (χ0n) is 17.4. The van der Waals surface area contributed by atoms with Gasteiger partial charge in [-0.1, -0.05) is 36.4 Å². The van der Waals surface area contributed by atoms with E-state index in [4.69, 9.17) is 0 Å². The molecule has 0 radical (unpaired) electrons. The molecule has 2 amide bonds. The second-order valence-electron chi connectivity index (χ2n) is 7.69. The van der Waals surface area contributed by atoms with E-state index in [1.165, 1.54) is 36.4 Å². The number of phenols is 1. The van der Waals surface area contributed by atoms with Gasteiger partial charge in [-0.25, -0.2) is 4.39 Å². The van der Waals surface area contributed by atoms with Gasteiger partial charge in [0.15, 0.2) is 0 Å². The molecule has 1 heterocycles. The highest BCUT2D eigenvalue weighted by Gasteiger charge is 2.32. The highest BCUT2D eigenvalue weighted by Crippen LogP contribution is 2.25. The molecule has 1 aliphatic heterocycles. The van der Waals surface area contributed by atoms with E-state index in [0.717, 1.165) is 5.56 Å². The van der Waals surface area contributed by atoms with E-state index < -0.39 is 6.04 Å². The monoisotopic (exact) mass is 433 g/mol. The molecule has 4 rings (SSSR count). The first-order valence-electron chi connectivity index (χ1n) is 10.4.